The fourth-order valence-electron chi connectivity index (χ4n) is 3.63. The van der Waals surface area contributed by atoms with E-state index >= 15 is 0 Å². The largest absolute Gasteiger partial charge is 0.417 e. The maximum atomic E-state index is 12.8. The van der Waals surface area contributed by atoms with Gasteiger partial charge in [-0.25, -0.2) is 4.98 Å². The summed E-state index contributed by atoms with van der Waals surface area (Å²) in [6.45, 7) is 4.32. The number of nitrogens with zero attached hydrogens (tertiary/aromatic N) is 5. The highest BCUT2D eigenvalue weighted by Gasteiger charge is 2.31. The topological polar surface area (TPSA) is 66.3 Å². The van der Waals surface area contributed by atoms with Crippen molar-refractivity contribution in [3.8, 4) is 5.82 Å². The third-order valence-corrected chi connectivity index (χ3v) is 6.89. The Labute approximate surface area is 197 Å². The molecule has 3 aromatic rings. The molecule has 1 saturated heterocycles. The van der Waals surface area contributed by atoms with E-state index in [1.165, 1.54) is 11.1 Å². The van der Waals surface area contributed by atoms with Gasteiger partial charge in [0.2, 0.25) is 0 Å². The number of hydrogen-bond acceptors (Lipinski definition) is 7. The van der Waals surface area contributed by atoms with Crippen LogP contribution in [0, 0.1) is 0 Å². The lowest BCUT2D eigenvalue weighted by atomic mass is 10.1. The Bertz CT molecular complexity index is 1130. The Morgan fingerprint density at radius 2 is 1.94 bits per heavy atom. The molecule has 4 heterocycles. The molecule has 0 bridgehead atoms. The molecule has 0 amide bonds. The second kappa shape index (κ2) is 9.80. The van der Waals surface area contributed by atoms with Crippen LogP contribution in [0.25, 0.3) is 5.82 Å². The van der Waals surface area contributed by atoms with Crippen molar-refractivity contribution in [3.05, 3.63) is 67.9 Å². The SMILES string of the molecule is CN1CCN(C(CNc2cnn(-c3ccc(C(F)(F)F)cn3)c(=O)c2Cl)c2cccs2)CC1. The third-order valence-electron chi connectivity index (χ3n) is 5.55. The van der Waals surface area contributed by atoms with Crippen molar-refractivity contribution >= 4 is 28.6 Å². The summed E-state index contributed by atoms with van der Waals surface area (Å²) in [5, 5.41) is 9.22. The number of aromatic nitrogens is 3. The number of nitrogens with one attached hydrogen (secondary N) is 1. The summed E-state index contributed by atoms with van der Waals surface area (Å²) in [4.78, 5) is 22.3. The Kier molecular flexibility index (Phi) is 7.03. The maximum absolute atomic E-state index is 12.8. The minimum absolute atomic E-state index is 0.0460. The number of halogens is 4. The average Bonchev–Trinajstić information content (AvgIpc) is 3.32. The van der Waals surface area contributed by atoms with Gasteiger partial charge in [-0.2, -0.15) is 23.0 Å². The van der Waals surface area contributed by atoms with Gasteiger partial charge in [0, 0.05) is 43.8 Å². The van der Waals surface area contributed by atoms with Gasteiger partial charge >= 0.3 is 6.18 Å². The Morgan fingerprint density at radius 3 is 2.55 bits per heavy atom. The molecule has 1 fully saturated rings. The van der Waals surface area contributed by atoms with E-state index in [1.807, 2.05) is 11.4 Å². The highest BCUT2D eigenvalue weighted by atomic mass is 35.5. The average molecular weight is 499 g/mol. The van der Waals surface area contributed by atoms with Gasteiger partial charge in [0.1, 0.15) is 5.02 Å². The molecule has 0 saturated carbocycles. The first-order valence-electron chi connectivity index (χ1n) is 10.3. The first-order valence-corrected chi connectivity index (χ1v) is 11.5. The summed E-state index contributed by atoms with van der Waals surface area (Å²) >= 11 is 7.98. The van der Waals surface area contributed by atoms with E-state index in [0.29, 0.717) is 18.4 Å². The zero-order valence-corrected chi connectivity index (χ0v) is 19.3. The van der Waals surface area contributed by atoms with Crippen molar-refractivity contribution in [2.45, 2.75) is 12.2 Å². The number of pyridine rings is 1. The molecule has 4 rings (SSSR count). The second-order valence-corrected chi connectivity index (χ2v) is 9.10. The first kappa shape index (κ1) is 23.7. The summed E-state index contributed by atoms with van der Waals surface area (Å²) in [5.41, 5.74) is -1.21. The van der Waals surface area contributed by atoms with Crippen molar-refractivity contribution in [2.75, 3.05) is 45.1 Å². The lowest BCUT2D eigenvalue weighted by Crippen LogP contribution is -2.47. The highest BCUT2D eigenvalue weighted by Crippen LogP contribution is 2.29. The van der Waals surface area contributed by atoms with Gasteiger partial charge in [-0.1, -0.05) is 17.7 Å². The van der Waals surface area contributed by atoms with Crippen LogP contribution in [0.1, 0.15) is 16.5 Å². The molecule has 7 nitrogen and oxygen atoms in total. The first-order chi connectivity index (χ1) is 15.7. The Balaban J connectivity index is 1.52. The summed E-state index contributed by atoms with van der Waals surface area (Å²) < 4.78 is 39.2. The van der Waals surface area contributed by atoms with Crippen molar-refractivity contribution in [1.82, 2.24) is 24.6 Å². The molecule has 0 aliphatic carbocycles. The Hall–Kier alpha value is -2.47. The smallest absolute Gasteiger partial charge is 0.380 e. The normalized spacial score (nSPS) is 16.6. The lowest BCUT2D eigenvalue weighted by molar-refractivity contribution is -0.137. The molecule has 1 atom stereocenters. The molecule has 176 valence electrons. The van der Waals surface area contributed by atoms with Gasteiger partial charge in [-0.3, -0.25) is 9.69 Å². The molecule has 0 radical (unpaired) electrons. The number of anilines is 1. The standard InChI is InChI=1S/C21H22ClF3N6OS/c1-29-6-8-30(9-7-29)16(17-3-2-10-33-17)13-26-15-12-28-31(20(32)19(15)22)18-5-4-14(11-27-18)21(23,24)25/h2-5,10-12,16,26H,6-9,13H2,1H3. The van der Waals surface area contributed by atoms with Crippen molar-refractivity contribution < 1.29 is 13.2 Å². The minimum atomic E-state index is -4.52. The summed E-state index contributed by atoms with van der Waals surface area (Å²) in [6.07, 6.45) is -2.47. The molecular weight excluding hydrogens is 477 g/mol. The fraction of sp³-hybridized carbons (Fsp3) is 0.381. The zero-order chi connectivity index (χ0) is 23.6. The van der Waals surface area contributed by atoms with Gasteiger partial charge in [-0.05, 0) is 30.6 Å². The monoisotopic (exact) mass is 498 g/mol. The van der Waals surface area contributed by atoms with Crippen LogP contribution in [0.5, 0.6) is 0 Å². The second-order valence-electron chi connectivity index (χ2n) is 7.74. The molecule has 33 heavy (non-hydrogen) atoms. The number of likely N-dealkylation sites (N-methyl/N-ethyl adjacent to an activating group) is 1. The third kappa shape index (κ3) is 5.37. The molecule has 1 aliphatic rings. The molecule has 12 heteroatoms. The number of thiophene rings is 1. The molecular formula is C21H22ClF3N6OS. The van der Waals surface area contributed by atoms with Crippen LogP contribution in [-0.4, -0.2) is 64.3 Å². The van der Waals surface area contributed by atoms with Crippen LogP contribution in [0.4, 0.5) is 18.9 Å². The van der Waals surface area contributed by atoms with Crippen molar-refractivity contribution in [2.24, 2.45) is 0 Å². The van der Waals surface area contributed by atoms with E-state index < -0.39 is 17.3 Å². The summed E-state index contributed by atoms with van der Waals surface area (Å²) in [6, 6.07) is 6.13. The fourth-order valence-corrected chi connectivity index (χ4v) is 4.69. The number of rotatable bonds is 6. The van der Waals surface area contributed by atoms with Crippen LogP contribution in [0.2, 0.25) is 5.02 Å². The van der Waals surface area contributed by atoms with Crippen LogP contribution >= 0.6 is 22.9 Å². The van der Waals surface area contributed by atoms with Crippen LogP contribution in [0.3, 0.4) is 0 Å². The molecule has 1 N–H and O–H groups in total. The molecule has 3 aromatic heterocycles. The predicted octanol–water partition coefficient (Wildman–Crippen LogP) is 3.76. The van der Waals surface area contributed by atoms with E-state index in [0.717, 1.165) is 43.0 Å². The van der Waals surface area contributed by atoms with Crippen molar-refractivity contribution in [3.63, 3.8) is 0 Å². The zero-order valence-electron chi connectivity index (χ0n) is 17.7. The van der Waals surface area contributed by atoms with Crippen LogP contribution in [-0.2, 0) is 6.18 Å². The number of alkyl halides is 3. The Morgan fingerprint density at radius 1 is 1.18 bits per heavy atom. The molecule has 1 unspecified atom stereocenters. The summed E-state index contributed by atoms with van der Waals surface area (Å²) in [5.74, 6) is -0.0460. The van der Waals surface area contributed by atoms with Gasteiger partial charge < -0.3 is 10.2 Å². The van der Waals surface area contributed by atoms with Crippen LogP contribution in [0.15, 0.2) is 46.8 Å². The van der Waals surface area contributed by atoms with Gasteiger partial charge in [-0.15, -0.1) is 11.3 Å². The van der Waals surface area contributed by atoms with Gasteiger partial charge in [0.25, 0.3) is 5.56 Å². The van der Waals surface area contributed by atoms with Crippen molar-refractivity contribution in [1.29, 1.82) is 0 Å². The van der Waals surface area contributed by atoms with E-state index in [1.54, 1.807) is 11.3 Å². The molecule has 0 spiro atoms. The summed E-state index contributed by atoms with van der Waals surface area (Å²) in [7, 11) is 2.10. The molecule has 0 aromatic carbocycles. The molecule has 1 aliphatic heterocycles. The van der Waals surface area contributed by atoms with Gasteiger partial charge in [0.05, 0.1) is 23.5 Å². The number of piperazine rings is 1. The minimum Gasteiger partial charge on any atom is -0.380 e. The lowest BCUT2D eigenvalue weighted by Gasteiger charge is -2.37. The van der Waals surface area contributed by atoms with E-state index in [2.05, 4.69) is 38.3 Å². The van der Waals surface area contributed by atoms with Crippen LogP contribution < -0.4 is 10.9 Å². The predicted molar refractivity (Wildman–Crippen MR) is 122 cm³/mol. The van der Waals surface area contributed by atoms with E-state index in [-0.39, 0.29) is 16.9 Å². The van der Waals surface area contributed by atoms with E-state index in [9.17, 15) is 18.0 Å². The maximum Gasteiger partial charge on any atom is 0.417 e. The van der Waals surface area contributed by atoms with E-state index in [4.69, 9.17) is 11.6 Å². The highest BCUT2D eigenvalue weighted by molar-refractivity contribution is 7.10. The number of hydrogen-bond donors (Lipinski definition) is 1. The van der Waals surface area contributed by atoms with Gasteiger partial charge in [0.15, 0.2) is 5.82 Å². The quantitative estimate of drug-likeness (QED) is 0.558.